The predicted octanol–water partition coefficient (Wildman–Crippen LogP) is 2.39. The van der Waals surface area contributed by atoms with Gasteiger partial charge in [-0.3, -0.25) is 9.59 Å². The number of hydrogen-bond donors (Lipinski definition) is 1. The van der Waals surface area contributed by atoms with E-state index in [0.29, 0.717) is 13.0 Å². The standard InChI is InChI=1S/C22H26N4O3/c1-25(17-9-4-3-5-10-17)22(28)15-26-19-12-7-6-11-18(19)24-20(26)13-8-14-23-21(27)16-29-2/h3-7,9-12H,8,13-16H2,1-2H3,(H,23,27). The molecule has 0 aliphatic rings. The van der Waals surface area contributed by atoms with Gasteiger partial charge in [-0.25, -0.2) is 4.98 Å². The minimum absolute atomic E-state index is 0.0194. The minimum Gasteiger partial charge on any atom is -0.375 e. The van der Waals surface area contributed by atoms with E-state index in [9.17, 15) is 9.59 Å². The number of imidazole rings is 1. The van der Waals surface area contributed by atoms with Gasteiger partial charge in [0.2, 0.25) is 11.8 Å². The van der Waals surface area contributed by atoms with Crippen LogP contribution in [0.5, 0.6) is 0 Å². The largest absolute Gasteiger partial charge is 0.375 e. The number of carbonyl (C=O) groups is 2. The van der Waals surface area contributed by atoms with E-state index in [-0.39, 0.29) is 25.0 Å². The molecule has 0 unspecified atom stereocenters. The first-order valence-electron chi connectivity index (χ1n) is 9.61. The zero-order valence-electron chi connectivity index (χ0n) is 16.8. The molecule has 3 rings (SSSR count). The zero-order chi connectivity index (χ0) is 20.6. The average Bonchev–Trinajstić information content (AvgIpc) is 3.09. The van der Waals surface area contributed by atoms with Gasteiger partial charge in [-0.15, -0.1) is 0 Å². The second-order valence-corrected chi connectivity index (χ2v) is 6.78. The summed E-state index contributed by atoms with van der Waals surface area (Å²) < 4.78 is 6.78. The quantitative estimate of drug-likeness (QED) is 0.566. The number of methoxy groups -OCH3 is 1. The van der Waals surface area contributed by atoms with Gasteiger partial charge < -0.3 is 19.5 Å². The van der Waals surface area contributed by atoms with Crippen molar-refractivity contribution in [1.29, 1.82) is 0 Å². The molecular weight excluding hydrogens is 368 g/mol. The lowest BCUT2D eigenvalue weighted by atomic mass is 10.2. The molecule has 0 aliphatic carbocycles. The molecule has 2 amide bonds. The summed E-state index contributed by atoms with van der Waals surface area (Å²) in [6, 6.07) is 17.4. The Bertz CT molecular complexity index is 969. The number of anilines is 1. The summed E-state index contributed by atoms with van der Waals surface area (Å²) in [5.41, 5.74) is 2.64. The van der Waals surface area contributed by atoms with Crippen molar-refractivity contribution in [1.82, 2.24) is 14.9 Å². The van der Waals surface area contributed by atoms with E-state index >= 15 is 0 Å². The zero-order valence-corrected chi connectivity index (χ0v) is 16.8. The Morgan fingerprint density at radius 2 is 1.83 bits per heavy atom. The van der Waals surface area contributed by atoms with Gasteiger partial charge in [0, 0.05) is 32.8 Å². The highest BCUT2D eigenvalue weighted by Gasteiger charge is 2.17. The van der Waals surface area contributed by atoms with Crippen LogP contribution in [0.1, 0.15) is 12.2 Å². The van der Waals surface area contributed by atoms with Gasteiger partial charge in [0.05, 0.1) is 11.0 Å². The molecule has 0 bridgehead atoms. The smallest absolute Gasteiger partial charge is 0.246 e. The number of likely N-dealkylation sites (N-methyl/N-ethyl adjacent to an activating group) is 1. The fraction of sp³-hybridized carbons (Fsp3) is 0.318. The van der Waals surface area contributed by atoms with Gasteiger partial charge in [0.15, 0.2) is 0 Å². The molecule has 0 fully saturated rings. The molecule has 0 saturated heterocycles. The molecular formula is C22H26N4O3. The Balaban J connectivity index is 1.73. The van der Waals surface area contributed by atoms with Crippen molar-refractivity contribution in [2.45, 2.75) is 19.4 Å². The van der Waals surface area contributed by atoms with Crippen molar-refractivity contribution in [2.75, 3.05) is 32.2 Å². The number of fused-ring (bicyclic) bond motifs is 1. The second kappa shape index (κ2) is 9.84. The minimum atomic E-state index is -0.138. The number of para-hydroxylation sites is 3. The number of carbonyl (C=O) groups excluding carboxylic acids is 2. The highest BCUT2D eigenvalue weighted by Crippen LogP contribution is 2.19. The summed E-state index contributed by atoms with van der Waals surface area (Å²) in [6.07, 6.45) is 1.38. The van der Waals surface area contributed by atoms with Crippen LogP contribution in [0.4, 0.5) is 5.69 Å². The van der Waals surface area contributed by atoms with E-state index < -0.39 is 0 Å². The number of hydrogen-bond acceptors (Lipinski definition) is 4. The van der Waals surface area contributed by atoms with E-state index in [0.717, 1.165) is 29.0 Å². The molecule has 0 saturated carbocycles. The lowest BCUT2D eigenvalue weighted by molar-refractivity contribution is -0.124. The van der Waals surface area contributed by atoms with Crippen LogP contribution in [0, 0.1) is 0 Å². The van der Waals surface area contributed by atoms with Crippen LogP contribution in [0.3, 0.4) is 0 Å². The third-order valence-electron chi connectivity index (χ3n) is 4.72. The molecule has 0 atom stereocenters. The number of amides is 2. The summed E-state index contributed by atoms with van der Waals surface area (Å²) in [5.74, 6) is 0.677. The third kappa shape index (κ3) is 5.20. The highest BCUT2D eigenvalue weighted by atomic mass is 16.5. The molecule has 3 aromatic rings. The molecule has 1 heterocycles. The molecule has 0 aliphatic heterocycles. The number of benzene rings is 2. The number of rotatable bonds is 9. The molecule has 7 heteroatoms. The molecule has 1 aromatic heterocycles. The Morgan fingerprint density at radius 3 is 2.59 bits per heavy atom. The number of aryl methyl sites for hydroxylation is 1. The Morgan fingerprint density at radius 1 is 1.10 bits per heavy atom. The molecule has 0 radical (unpaired) electrons. The third-order valence-corrected chi connectivity index (χ3v) is 4.72. The van der Waals surface area contributed by atoms with Crippen LogP contribution in [-0.2, 0) is 27.3 Å². The summed E-state index contributed by atoms with van der Waals surface area (Å²) in [7, 11) is 3.27. The normalized spacial score (nSPS) is 10.8. The molecule has 1 N–H and O–H groups in total. The number of nitrogens with one attached hydrogen (secondary N) is 1. The van der Waals surface area contributed by atoms with Crippen molar-refractivity contribution in [2.24, 2.45) is 0 Å². The highest BCUT2D eigenvalue weighted by molar-refractivity contribution is 5.93. The van der Waals surface area contributed by atoms with Crippen LogP contribution in [-0.4, -0.2) is 48.7 Å². The number of ether oxygens (including phenoxy) is 1. The number of nitrogens with zero attached hydrogens (tertiary/aromatic N) is 3. The van der Waals surface area contributed by atoms with Crippen LogP contribution >= 0.6 is 0 Å². The average molecular weight is 394 g/mol. The first-order valence-corrected chi connectivity index (χ1v) is 9.61. The summed E-state index contributed by atoms with van der Waals surface area (Å²) >= 11 is 0. The van der Waals surface area contributed by atoms with Crippen molar-refractivity contribution in [3.05, 3.63) is 60.4 Å². The molecule has 2 aromatic carbocycles. The first kappa shape index (κ1) is 20.5. The molecule has 152 valence electrons. The van der Waals surface area contributed by atoms with Crippen LogP contribution in [0.15, 0.2) is 54.6 Å². The topological polar surface area (TPSA) is 76.5 Å². The van der Waals surface area contributed by atoms with Crippen molar-refractivity contribution in [3.8, 4) is 0 Å². The van der Waals surface area contributed by atoms with Gasteiger partial charge in [-0.1, -0.05) is 30.3 Å². The fourth-order valence-electron chi connectivity index (χ4n) is 3.19. The lowest BCUT2D eigenvalue weighted by Crippen LogP contribution is -2.31. The van der Waals surface area contributed by atoms with Gasteiger partial charge in [-0.05, 0) is 30.7 Å². The monoisotopic (exact) mass is 394 g/mol. The predicted molar refractivity (Wildman–Crippen MR) is 113 cm³/mol. The first-order chi connectivity index (χ1) is 14.1. The molecule has 0 spiro atoms. The van der Waals surface area contributed by atoms with Crippen molar-refractivity contribution in [3.63, 3.8) is 0 Å². The Labute approximate surface area is 170 Å². The van der Waals surface area contributed by atoms with Gasteiger partial charge >= 0.3 is 0 Å². The van der Waals surface area contributed by atoms with Gasteiger partial charge in [-0.2, -0.15) is 0 Å². The van der Waals surface area contributed by atoms with E-state index in [1.165, 1.54) is 7.11 Å². The molecule has 7 nitrogen and oxygen atoms in total. The van der Waals surface area contributed by atoms with Crippen LogP contribution in [0.2, 0.25) is 0 Å². The Hall–Kier alpha value is -3.19. The summed E-state index contributed by atoms with van der Waals surface area (Å²) in [6.45, 7) is 0.791. The lowest BCUT2D eigenvalue weighted by Gasteiger charge is -2.18. The SMILES string of the molecule is COCC(=O)NCCCc1nc2ccccc2n1CC(=O)N(C)c1ccccc1. The molecule has 29 heavy (non-hydrogen) atoms. The van der Waals surface area contributed by atoms with Gasteiger partial charge in [0.1, 0.15) is 19.0 Å². The van der Waals surface area contributed by atoms with E-state index in [4.69, 9.17) is 9.72 Å². The number of aromatic nitrogens is 2. The van der Waals surface area contributed by atoms with E-state index in [2.05, 4.69) is 5.32 Å². The maximum atomic E-state index is 12.9. The van der Waals surface area contributed by atoms with Crippen molar-refractivity contribution >= 4 is 28.5 Å². The van der Waals surface area contributed by atoms with Gasteiger partial charge in [0.25, 0.3) is 0 Å². The maximum absolute atomic E-state index is 12.9. The van der Waals surface area contributed by atoms with Crippen LogP contribution in [0.25, 0.3) is 11.0 Å². The van der Waals surface area contributed by atoms with E-state index in [1.54, 1.807) is 11.9 Å². The summed E-state index contributed by atoms with van der Waals surface area (Å²) in [4.78, 5) is 30.8. The van der Waals surface area contributed by atoms with Crippen molar-refractivity contribution < 1.29 is 14.3 Å². The maximum Gasteiger partial charge on any atom is 0.246 e. The second-order valence-electron chi connectivity index (χ2n) is 6.78. The fourth-order valence-corrected chi connectivity index (χ4v) is 3.19. The van der Waals surface area contributed by atoms with Crippen LogP contribution < -0.4 is 10.2 Å². The Kier molecular flexibility index (Phi) is 6.97. The van der Waals surface area contributed by atoms with E-state index in [1.807, 2.05) is 59.2 Å². The summed E-state index contributed by atoms with van der Waals surface area (Å²) in [5, 5.41) is 2.81.